The number of rotatable bonds is 4. The smallest absolute Gasteiger partial charge is 0.251 e. The number of benzene rings is 1. The fourth-order valence-electron chi connectivity index (χ4n) is 2.59. The van der Waals surface area contributed by atoms with E-state index in [0.717, 1.165) is 19.3 Å². The summed E-state index contributed by atoms with van der Waals surface area (Å²) in [4.78, 5) is 11.9. The van der Waals surface area contributed by atoms with E-state index in [1.807, 2.05) is 0 Å². The molecule has 19 heavy (non-hydrogen) atoms. The Bertz CT molecular complexity index is 467. The number of aliphatic hydroxyl groups excluding tert-OH is 1. The molecule has 1 amide bonds. The number of hydrogen-bond acceptors (Lipinski definition) is 2. The average molecular weight is 330 g/mol. The number of amides is 1. The fourth-order valence-corrected chi connectivity index (χ4v) is 2.83. The maximum absolute atomic E-state index is 13.3. The molecule has 0 saturated heterocycles. The first-order valence-electron chi connectivity index (χ1n) is 6.46. The zero-order valence-corrected chi connectivity index (χ0v) is 12.1. The summed E-state index contributed by atoms with van der Waals surface area (Å²) in [5.41, 5.74) is 0.319. The Morgan fingerprint density at radius 3 is 2.84 bits per heavy atom. The quantitative estimate of drug-likeness (QED) is 0.892. The number of nitrogens with one attached hydrogen (secondary N) is 1. The van der Waals surface area contributed by atoms with Gasteiger partial charge in [0.25, 0.3) is 5.91 Å². The van der Waals surface area contributed by atoms with Crippen LogP contribution in [0.15, 0.2) is 22.7 Å². The molecule has 3 nitrogen and oxygen atoms in total. The number of carbonyl (C=O) groups is 1. The van der Waals surface area contributed by atoms with Gasteiger partial charge in [0.2, 0.25) is 0 Å². The molecular weight excluding hydrogens is 313 g/mol. The highest BCUT2D eigenvalue weighted by Gasteiger charge is 2.26. The Balaban J connectivity index is 1.92. The van der Waals surface area contributed by atoms with Gasteiger partial charge in [-0.25, -0.2) is 4.39 Å². The molecule has 1 aliphatic rings. The van der Waals surface area contributed by atoms with Crippen molar-refractivity contribution in [3.8, 4) is 0 Å². The van der Waals surface area contributed by atoms with Gasteiger partial charge in [-0.15, -0.1) is 0 Å². The molecular formula is C14H17BrFNO2. The van der Waals surface area contributed by atoms with Gasteiger partial charge < -0.3 is 10.4 Å². The van der Waals surface area contributed by atoms with E-state index in [0.29, 0.717) is 22.5 Å². The van der Waals surface area contributed by atoms with Gasteiger partial charge in [0.05, 0.1) is 4.47 Å². The highest BCUT2D eigenvalue weighted by molar-refractivity contribution is 9.10. The molecule has 2 N–H and O–H groups in total. The van der Waals surface area contributed by atoms with Gasteiger partial charge in [0.1, 0.15) is 5.82 Å². The molecule has 1 aromatic rings. The molecule has 2 rings (SSSR count). The minimum absolute atomic E-state index is 0.174. The second-order valence-electron chi connectivity index (χ2n) is 4.97. The summed E-state index contributed by atoms with van der Waals surface area (Å²) in [5.74, 6) is -0.104. The van der Waals surface area contributed by atoms with Crippen molar-refractivity contribution >= 4 is 21.8 Å². The van der Waals surface area contributed by atoms with Gasteiger partial charge >= 0.3 is 0 Å². The maximum Gasteiger partial charge on any atom is 0.251 e. The molecule has 0 bridgehead atoms. The van der Waals surface area contributed by atoms with E-state index in [4.69, 9.17) is 0 Å². The van der Waals surface area contributed by atoms with E-state index in [1.165, 1.54) is 12.1 Å². The molecule has 5 heteroatoms. The zero-order chi connectivity index (χ0) is 13.8. The van der Waals surface area contributed by atoms with Crippen LogP contribution >= 0.6 is 15.9 Å². The first-order valence-corrected chi connectivity index (χ1v) is 7.25. The standard InChI is InChI=1S/C14H17BrFNO2/c15-12-5-4-9(6-13(12)16)14(19)17-7-10-2-1-3-11(10)8-18/h4-6,10-11,18H,1-3,7-8H2,(H,17,19). The molecule has 0 spiro atoms. The summed E-state index contributed by atoms with van der Waals surface area (Å²) >= 11 is 3.05. The molecule has 1 aromatic carbocycles. The van der Waals surface area contributed by atoms with Crippen LogP contribution in [0.1, 0.15) is 29.6 Å². The molecule has 104 valence electrons. The lowest BCUT2D eigenvalue weighted by Gasteiger charge is -2.17. The van der Waals surface area contributed by atoms with Gasteiger partial charge in [-0.3, -0.25) is 4.79 Å². The largest absolute Gasteiger partial charge is 0.396 e. The molecule has 1 aliphatic carbocycles. The van der Waals surface area contributed by atoms with Crippen LogP contribution in [0.3, 0.4) is 0 Å². The van der Waals surface area contributed by atoms with Crippen LogP contribution < -0.4 is 5.32 Å². The second kappa shape index (κ2) is 6.48. The lowest BCUT2D eigenvalue weighted by Crippen LogP contribution is -2.31. The van der Waals surface area contributed by atoms with Crippen LogP contribution in [0.5, 0.6) is 0 Å². The second-order valence-corrected chi connectivity index (χ2v) is 5.83. The van der Waals surface area contributed by atoms with Gasteiger partial charge in [0, 0.05) is 18.7 Å². The van der Waals surface area contributed by atoms with Crippen LogP contribution in [-0.4, -0.2) is 24.2 Å². The monoisotopic (exact) mass is 329 g/mol. The van der Waals surface area contributed by atoms with Gasteiger partial charge in [-0.2, -0.15) is 0 Å². The summed E-state index contributed by atoms with van der Waals surface area (Å²) in [6, 6.07) is 4.33. The van der Waals surface area contributed by atoms with Crippen molar-refractivity contribution in [3.05, 3.63) is 34.1 Å². The van der Waals surface area contributed by atoms with Crippen molar-refractivity contribution in [1.29, 1.82) is 0 Å². The average Bonchev–Trinajstić information content (AvgIpc) is 2.86. The van der Waals surface area contributed by atoms with Gasteiger partial charge in [-0.1, -0.05) is 6.42 Å². The molecule has 2 unspecified atom stereocenters. The minimum Gasteiger partial charge on any atom is -0.396 e. The molecule has 0 heterocycles. The minimum atomic E-state index is -0.443. The predicted octanol–water partition coefficient (Wildman–Crippen LogP) is 2.73. The highest BCUT2D eigenvalue weighted by Crippen LogP contribution is 2.30. The van der Waals surface area contributed by atoms with Crippen LogP contribution in [0.2, 0.25) is 0 Å². The number of aliphatic hydroxyl groups is 1. The van der Waals surface area contributed by atoms with Crippen LogP contribution in [0.4, 0.5) is 4.39 Å². The number of hydrogen-bond donors (Lipinski definition) is 2. The molecule has 2 atom stereocenters. The first kappa shape index (κ1) is 14.5. The lowest BCUT2D eigenvalue weighted by atomic mass is 9.97. The van der Waals surface area contributed by atoms with Crippen molar-refractivity contribution in [2.45, 2.75) is 19.3 Å². The summed E-state index contributed by atoms with van der Waals surface area (Å²) < 4.78 is 13.7. The Morgan fingerprint density at radius 2 is 2.16 bits per heavy atom. The lowest BCUT2D eigenvalue weighted by molar-refractivity contribution is 0.0937. The Morgan fingerprint density at radius 1 is 1.42 bits per heavy atom. The third kappa shape index (κ3) is 3.54. The fraction of sp³-hybridized carbons (Fsp3) is 0.500. The van der Waals surface area contributed by atoms with E-state index in [1.54, 1.807) is 6.07 Å². The first-order chi connectivity index (χ1) is 9.11. The normalized spacial score (nSPS) is 22.5. The molecule has 1 fully saturated rings. The summed E-state index contributed by atoms with van der Waals surface area (Å²) in [6.07, 6.45) is 3.14. The van der Waals surface area contributed by atoms with Crippen molar-refractivity contribution in [2.75, 3.05) is 13.2 Å². The highest BCUT2D eigenvalue weighted by atomic mass is 79.9. The zero-order valence-electron chi connectivity index (χ0n) is 10.5. The Labute approximate surface area is 120 Å². The number of carbonyl (C=O) groups excluding carboxylic acids is 1. The van der Waals surface area contributed by atoms with E-state index in [9.17, 15) is 14.3 Å². The van der Waals surface area contributed by atoms with E-state index >= 15 is 0 Å². The Hall–Kier alpha value is -0.940. The summed E-state index contributed by atoms with van der Waals surface area (Å²) in [6.45, 7) is 0.717. The maximum atomic E-state index is 13.3. The summed E-state index contributed by atoms with van der Waals surface area (Å²) in [5, 5.41) is 12.0. The predicted molar refractivity (Wildman–Crippen MR) is 74.4 cm³/mol. The van der Waals surface area contributed by atoms with Crippen molar-refractivity contribution in [3.63, 3.8) is 0 Å². The Kier molecular flexibility index (Phi) is 4.93. The van der Waals surface area contributed by atoms with E-state index < -0.39 is 5.82 Å². The van der Waals surface area contributed by atoms with Crippen molar-refractivity contribution < 1.29 is 14.3 Å². The third-order valence-corrected chi connectivity index (χ3v) is 4.40. The van der Waals surface area contributed by atoms with Crippen LogP contribution in [0, 0.1) is 17.7 Å². The van der Waals surface area contributed by atoms with E-state index in [2.05, 4.69) is 21.2 Å². The van der Waals surface area contributed by atoms with E-state index in [-0.39, 0.29) is 18.4 Å². The number of halogens is 2. The van der Waals surface area contributed by atoms with Gasteiger partial charge in [-0.05, 0) is 58.8 Å². The SMILES string of the molecule is O=C(NCC1CCCC1CO)c1ccc(Br)c(F)c1. The van der Waals surface area contributed by atoms with Crippen LogP contribution in [0.25, 0.3) is 0 Å². The topological polar surface area (TPSA) is 49.3 Å². The van der Waals surface area contributed by atoms with Crippen molar-refractivity contribution in [1.82, 2.24) is 5.32 Å². The van der Waals surface area contributed by atoms with Crippen molar-refractivity contribution in [2.24, 2.45) is 11.8 Å². The third-order valence-electron chi connectivity index (χ3n) is 3.76. The van der Waals surface area contributed by atoms with Gasteiger partial charge in [0.15, 0.2) is 0 Å². The molecule has 1 saturated carbocycles. The summed E-state index contributed by atoms with van der Waals surface area (Å²) in [7, 11) is 0. The molecule has 0 aromatic heterocycles. The van der Waals surface area contributed by atoms with Crippen LogP contribution in [-0.2, 0) is 0 Å². The molecule has 0 aliphatic heterocycles. The molecule has 0 radical (unpaired) electrons.